The van der Waals surface area contributed by atoms with Gasteiger partial charge in [0.15, 0.2) is 0 Å². The SMILES string of the molecule is C1CNCC2(C1)CCSCC2. The van der Waals surface area contributed by atoms with Gasteiger partial charge in [0.25, 0.3) is 0 Å². The van der Waals surface area contributed by atoms with Crippen LogP contribution in [-0.4, -0.2) is 24.6 Å². The van der Waals surface area contributed by atoms with Crippen molar-refractivity contribution in [2.45, 2.75) is 25.7 Å². The van der Waals surface area contributed by atoms with E-state index in [-0.39, 0.29) is 0 Å². The Kier molecular flexibility index (Phi) is 2.42. The van der Waals surface area contributed by atoms with Gasteiger partial charge >= 0.3 is 0 Å². The highest BCUT2D eigenvalue weighted by Gasteiger charge is 2.33. The average Bonchev–Trinajstić information content (AvgIpc) is 2.07. The van der Waals surface area contributed by atoms with Crippen LogP contribution in [0.25, 0.3) is 0 Å². The van der Waals surface area contributed by atoms with Crippen LogP contribution in [-0.2, 0) is 0 Å². The van der Waals surface area contributed by atoms with E-state index < -0.39 is 0 Å². The zero-order valence-electron chi connectivity index (χ0n) is 7.07. The first kappa shape index (κ1) is 7.93. The molecule has 2 aliphatic rings. The van der Waals surface area contributed by atoms with E-state index in [9.17, 15) is 0 Å². The van der Waals surface area contributed by atoms with Crippen LogP contribution >= 0.6 is 11.8 Å². The average molecular weight is 171 g/mol. The van der Waals surface area contributed by atoms with Gasteiger partial charge in [0.05, 0.1) is 0 Å². The quantitative estimate of drug-likeness (QED) is 0.597. The topological polar surface area (TPSA) is 12.0 Å². The van der Waals surface area contributed by atoms with E-state index in [0.717, 1.165) is 5.41 Å². The molecule has 0 atom stereocenters. The van der Waals surface area contributed by atoms with Gasteiger partial charge in [-0.15, -0.1) is 0 Å². The minimum Gasteiger partial charge on any atom is -0.316 e. The fourth-order valence-electron chi connectivity index (χ4n) is 2.26. The second-order valence-corrected chi connectivity index (χ2v) is 5.12. The van der Waals surface area contributed by atoms with Crippen molar-refractivity contribution < 1.29 is 0 Å². The highest BCUT2D eigenvalue weighted by molar-refractivity contribution is 7.99. The normalized spacial score (nSPS) is 30.5. The van der Waals surface area contributed by atoms with Crippen molar-refractivity contribution in [3.63, 3.8) is 0 Å². The predicted molar refractivity (Wildman–Crippen MR) is 51.1 cm³/mol. The van der Waals surface area contributed by atoms with Gasteiger partial charge in [-0.05, 0) is 49.1 Å². The molecule has 2 heterocycles. The number of rotatable bonds is 0. The van der Waals surface area contributed by atoms with Crippen LogP contribution in [0, 0.1) is 5.41 Å². The number of piperidine rings is 1. The summed E-state index contributed by atoms with van der Waals surface area (Å²) in [5.74, 6) is 2.81. The molecule has 11 heavy (non-hydrogen) atoms. The third-order valence-electron chi connectivity index (χ3n) is 3.11. The van der Waals surface area contributed by atoms with Crippen LogP contribution in [0.2, 0.25) is 0 Å². The highest BCUT2D eigenvalue weighted by Crippen LogP contribution is 2.39. The number of nitrogens with one attached hydrogen (secondary N) is 1. The van der Waals surface area contributed by atoms with Gasteiger partial charge < -0.3 is 5.32 Å². The van der Waals surface area contributed by atoms with E-state index in [2.05, 4.69) is 17.1 Å². The fraction of sp³-hybridized carbons (Fsp3) is 1.00. The Balaban J connectivity index is 1.94. The first-order valence-electron chi connectivity index (χ1n) is 4.70. The molecule has 0 saturated carbocycles. The molecule has 0 amide bonds. The summed E-state index contributed by atoms with van der Waals surface area (Å²) in [5, 5.41) is 3.54. The van der Waals surface area contributed by atoms with Crippen molar-refractivity contribution in [2.75, 3.05) is 24.6 Å². The van der Waals surface area contributed by atoms with Crippen molar-refractivity contribution in [2.24, 2.45) is 5.41 Å². The lowest BCUT2D eigenvalue weighted by Gasteiger charge is -2.40. The van der Waals surface area contributed by atoms with E-state index in [0.29, 0.717) is 0 Å². The summed E-state index contributed by atoms with van der Waals surface area (Å²) >= 11 is 2.13. The van der Waals surface area contributed by atoms with Crippen LogP contribution in [0.1, 0.15) is 25.7 Å². The Morgan fingerprint density at radius 2 is 1.91 bits per heavy atom. The third kappa shape index (κ3) is 1.73. The molecule has 0 unspecified atom stereocenters. The van der Waals surface area contributed by atoms with Crippen LogP contribution in [0.3, 0.4) is 0 Å². The summed E-state index contributed by atoms with van der Waals surface area (Å²) in [6, 6.07) is 0. The largest absolute Gasteiger partial charge is 0.316 e. The minimum absolute atomic E-state index is 0.726. The van der Waals surface area contributed by atoms with Crippen molar-refractivity contribution in [3.05, 3.63) is 0 Å². The summed E-state index contributed by atoms with van der Waals surface area (Å²) in [5.41, 5.74) is 0.726. The molecule has 0 aromatic heterocycles. The Bertz CT molecular complexity index is 104. The van der Waals surface area contributed by atoms with Crippen molar-refractivity contribution in [1.82, 2.24) is 5.32 Å². The van der Waals surface area contributed by atoms with Crippen molar-refractivity contribution >= 4 is 11.8 Å². The van der Waals surface area contributed by atoms with Crippen LogP contribution in [0.4, 0.5) is 0 Å². The molecular weight excluding hydrogens is 154 g/mol. The van der Waals surface area contributed by atoms with E-state index in [4.69, 9.17) is 0 Å². The molecule has 0 radical (unpaired) electrons. The Morgan fingerprint density at radius 3 is 2.55 bits per heavy atom. The van der Waals surface area contributed by atoms with Gasteiger partial charge in [-0.25, -0.2) is 0 Å². The van der Waals surface area contributed by atoms with Crippen molar-refractivity contribution in [1.29, 1.82) is 0 Å². The predicted octanol–water partition coefficient (Wildman–Crippen LogP) is 1.88. The summed E-state index contributed by atoms with van der Waals surface area (Å²) in [6.45, 7) is 2.56. The van der Waals surface area contributed by atoms with E-state index in [1.807, 2.05) is 0 Å². The molecule has 1 nitrogen and oxygen atoms in total. The van der Waals surface area contributed by atoms with Gasteiger partial charge in [-0.2, -0.15) is 11.8 Å². The molecule has 2 heteroatoms. The maximum Gasteiger partial charge on any atom is 0.000841 e. The molecule has 0 aromatic rings. The van der Waals surface area contributed by atoms with Crippen molar-refractivity contribution in [3.8, 4) is 0 Å². The van der Waals surface area contributed by atoms with Gasteiger partial charge in [0, 0.05) is 6.54 Å². The number of thioether (sulfide) groups is 1. The van der Waals surface area contributed by atoms with E-state index in [1.165, 1.54) is 50.3 Å². The lowest BCUT2D eigenvalue weighted by molar-refractivity contribution is 0.191. The Hall–Kier alpha value is 0.310. The maximum atomic E-state index is 3.54. The monoisotopic (exact) mass is 171 g/mol. The van der Waals surface area contributed by atoms with Gasteiger partial charge in [-0.1, -0.05) is 0 Å². The highest BCUT2D eigenvalue weighted by atomic mass is 32.2. The van der Waals surface area contributed by atoms with Gasteiger partial charge in [0.1, 0.15) is 0 Å². The van der Waals surface area contributed by atoms with Gasteiger partial charge in [0.2, 0.25) is 0 Å². The number of hydrogen-bond donors (Lipinski definition) is 1. The Morgan fingerprint density at radius 1 is 1.09 bits per heavy atom. The second-order valence-electron chi connectivity index (χ2n) is 3.89. The molecular formula is C9H17NS. The smallest absolute Gasteiger partial charge is 0.000841 e. The third-order valence-corrected chi connectivity index (χ3v) is 4.10. The maximum absolute atomic E-state index is 3.54. The molecule has 1 N–H and O–H groups in total. The first-order valence-corrected chi connectivity index (χ1v) is 5.85. The lowest BCUT2D eigenvalue weighted by Crippen LogP contribution is -2.42. The zero-order valence-corrected chi connectivity index (χ0v) is 7.88. The summed E-state index contributed by atoms with van der Waals surface area (Å²) in [7, 11) is 0. The molecule has 2 fully saturated rings. The summed E-state index contributed by atoms with van der Waals surface area (Å²) in [4.78, 5) is 0. The van der Waals surface area contributed by atoms with E-state index >= 15 is 0 Å². The molecule has 64 valence electrons. The van der Waals surface area contributed by atoms with E-state index in [1.54, 1.807) is 0 Å². The van der Waals surface area contributed by atoms with Crippen LogP contribution in [0.5, 0.6) is 0 Å². The standard InChI is InChI=1S/C9H17NS/c1-2-9(8-10-5-1)3-6-11-7-4-9/h10H,1-8H2. The lowest BCUT2D eigenvalue weighted by atomic mass is 9.76. The van der Waals surface area contributed by atoms with Crippen LogP contribution in [0.15, 0.2) is 0 Å². The molecule has 2 saturated heterocycles. The molecule has 0 aromatic carbocycles. The molecule has 0 aliphatic carbocycles. The minimum atomic E-state index is 0.726. The number of hydrogen-bond acceptors (Lipinski definition) is 2. The summed E-state index contributed by atoms with van der Waals surface area (Å²) < 4.78 is 0. The molecule has 2 aliphatic heterocycles. The fourth-order valence-corrected chi connectivity index (χ4v) is 3.62. The second kappa shape index (κ2) is 3.36. The summed E-state index contributed by atoms with van der Waals surface area (Å²) in [6.07, 6.45) is 5.82. The molecule has 1 spiro atoms. The molecule has 2 rings (SSSR count). The van der Waals surface area contributed by atoms with Crippen LogP contribution < -0.4 is 5.32 Å². The Labute approximate surface area is 73.3 Å². The first-order chi connectivity index (χ1) is 5.41. The molecule has 0 bridgehead atoms. The van der Waals surface area contributed by atoms with Gasteiger partial charge in [-0.3, -0.25) is 0 Å². The zero-order chi connectivity index (χ0) is 7.57.